The molecule has 0 bridgehead atoms. The van der Waals surface area contributed by atoms with Crippen LogP contribution in [-0.4, -0.2) is 29.7 Å². The second kappa shape index (κ2) is 11.4. The Morgan fingerprint density at radius 3 is 2.55 bits per heavy atom. The van der Waals surface area contributed by atoms with Crippen LogP contribution in [0.1, 0.15) is 37.0 Å². The summed E-state index contributed by atoms with van der Waals surface area (Å²) in [5, 5.41) is 10.4. The van der Waals surface area contributed by atoms with Crippen molar-refractivity contribution in [2.45, 2.75) is 26.9 Å². The SMILES string of the molecule is C=Cc1cccc(N(N)C(=O)N(C)N)c1CO/C(CC)=N/N=C(\C)c1cccc(Br)c1. The van der Waals surface area contributed by atoms with Crippen molar-refractivity contribution in [3.8, 4) is 0 Å². The average Bonchev–Trinajstić information content (AvgIpc) is 2.77. The molecule has 4 N–H and O–H groups in total. The number of rotatable bonds is 7. The molecule has 0 unspecified atom stereocenters. The maximum atomic E-state index is 12.2. The number of urea groups is 1. The quantitative estimate of drug-likeness (QED) is 0.198. The molecule has 0 atom stereocenters. The number of carbonyl (C=O) groups is 1. The summed E-state index contributed by atoms with van der Waals surface area (Å²) in [6, 6.07) is 12.6. The Hall–Kier alpha value is -3.01. The molecule has 0 saturated carbocycles. The maximum Gasteiger partial charge on any atom is 0.352 e. The fourth-order valence-corrected chi connectivity index (χ4v) is 3.10. The summed E-state index contributed by atoms with van der Waals surface area (Å²) in [5.74, 6) is 12.0. The van der Waals surface area contributed by atoms with Gasteiger partial charge in [0.25, 0.3) is 0 Å². The van der Waals surface area contributed by atoms with Crippen LogP contribution in [0, 0.1) is 0 Å². The molecule has 2 aromatic carbocycles. The number of halogens is 1. The van der Waals surface area contributed by atoms with Gasteiger partial charge in [-0.25, -0.2) is 21.5 Å². The second-order valence-electron chi connectivity index (χ2n) is 6.64. The third-order valence-corrected chi connectivity index (χ3v) is 4.91. The molecule has 8 nitrogen and oxygen atoms in total. The monoisotopic (exact) mass is 486 g/mol. The van der Waals surface area contributed by atoms with Gasteiger partial charge < -0.3 is 4.74 Å². The minimum atomic E-state index is -0.568. The van der Waals surface area contributed by atoms with E-state index in [0.29, 0.717) is 23.6 Å². The van der Waals surface area contributed by atoms with Gasteiger partial charge in [-0.2, -0.15) is 5.10 Å². The number of anilines is 1. The van der Waals surface area contributed by atoms with Gasteiger partial charge in [-0.05, 0) is 36.2 Å². The zero-order valence-electron chi connectivity index (χ0n) is 17.9. The molecule has 2 rings (SSSR count). The number of hydrazine groups is 2. The Morgan fingerprint density at radius 2 is 1.94 bits per heavy atom. The third-order valence-electron chi connectivity index (χ3n) is 4.41. The number of nitrogens with zero attached hydrogens (tertiary/aromatic N) is 4. The number of carbonyl (C=O) groups excluding carboxylic acids is 1. The van der Waals surface area contributed by atoms with Gasteiger partial charge >= 0.3 is 6.03 Å². The molecule has 0 spiro atoms. The molecule has 9 heteroatoms. The van der Waals surface area contributed by atoms with E-state index in [1.165, 1.54) is 7.05 Å². The molecule has 2 aromatic rings. The highest BCUT2D eigenvalue weighted by Gasteiger charge is 2.19. The highest BCUT2D eigenvalue weighted by atomic mass is 79.9. The Kier molecular flexibility index (Phi) is 8.92. The van der Waals surface area contributed by atoms with E-state index in [-0.39, 0.29) is 6.61 Å². The van der Waals surface area contributed by atoms with Crippen LogP contribution in [0.3, 0.4) is 0 Å². The molecule has 2 amide bonds. The lowest BCUT2D eigenvalue weighted by molar-refractivity contribution is 0.216. The number of nitrogens with two attached hydrogens (primary N) is 2. The van der Waals surface area contributed by atoms with Crippen LogP contribution < -0.4 is 16.7 Å². The summed E-state index contributed by atoms with van der Waals surface area (Å²) in [5.41, 5.74) is 3.64. The van der Waals surface area contributed by atoms with Crippen molar-refractivity contribution in [3.63, 3.8) is 0 Å². The fraction of sp³-hybridized carbons (Fsp3) is 0.227. The Morgan fingerprint density at radius 1 is 1.23 bits per heavy atom. The molecule has 0 fully saturated rings. The van der Waals surface area contributed by atoms with Crippen LogP contribution in [-0.2, 0) is 11.3 Å². The van der Waals surface area contributed by atoms with E-state index in [0.717, 1.165) is 31.3 Å². The molecule has 0 saturated heterocycles. The standard InChI is InChI=1S/C22H27BrN6O2/c1-5-16-9-8-12-20(29(25)22(30)28(4)24)19(16)14-31-21(6-2)27-26-15(3)17-10-7-11-18(23)13-17/h5,7-13H,1,6,14,24-25H2,2-4H3/b26-15+,27-21+. The average molecular weight is 487 g/mol. The van der Waals surface area contributed by atoms with Gasteiger partial charge in [-0.15, -0.1) is 5.10 Å². The first kappa shape index (κ1) is 24.3. The van der Waals surface area contributed by atoms with Crippen molar-refractivity contribution in [2.24, 2.45) is 21.9 Å². The predicted molar refractivity (Wildman–Crippen MR) is 129 cm³/mol. The minimum absolute atomic E-state index is 0.130. The van der Waals surface area contributed by atoms with Crippen LogP contribution in [0.4, 0.5) is 10.5 Å². The van der Waals surface area contributed by atoms with Gasteiger partial charge in [-0.1, -0.05) is 59.8 Å². The highest BCUT2D eigenvalue weighted by molar-refractivity contribution is 9.10. The van der Waals surface area contributed by atoms with Crippen LogP contribution >= 0.6 is 15.9 Å². The summed E-state index contributed by atoms with van der Waals surface area (Å²) < 4.78 is 6.87. The minimum Gasteiger partial charge on any atom is -0.475 e. The molecule has 0 aliphatic heterocycles. The second-order valence-corrected chi connectivity index (χ2v) is 7.56. The summed E-state index contributed by atoms with van der Waals surface area (Å²) in [6.07, 6.45) is 2.21. The Balaban J connectivity index is 2.27. The fourth-order valence-electron chi connectivity index (χ4n) is 2.70. The highest BCUT2D eigenvalue weighted by Crippen LogP contribution is 2.25. The molecule has 0 radical (unpaired) electrons. The first-order valence-corrected chi connectivity index (χ1v) is 10.4. The molecular formula is C22H27BrN6O2. The zero-order valence-corrected chi connectivity index (χ0v) is 19.5. The number of ether oxygens (including phenoxy) is 1. The van der Waals surface area contributed by atoms with Gasteiger partial charge in [-0.3, -0.25) is 5.01 Å². The van der Waals surface area contributed by atoms with Gasteiger partial charge in [0.15, 0.2) is 0 Å². The lowest BCUT2D eigenvalue weighted by Gasteiger charge is -2.24. The molecular weight excluding hydrogens is 460 g/mol. The van der Waals surface area contributed by atoms with Crippen LogP contribution in [0.2, 0.25) is 0 Å². The smallest absolute Gasteiger partial charge is 0.352 e. The van der Waals surface area contributed by atoms with E-state index >= 15 is 0 Å². The van der Waals surface area contributed by atoms with Gasteiger partial charge in [0, 0.05) is 23.5 Å². The van der Waals surface area contributed by atoms with Gasteiger partial charge in [0.2, 0.25) is 5.90 Å². The largest absolute Gasteiger partial charge is 0.475 e. The van der Waals surface area contributed by atoms with Gasteiger partial charge in [0.05, 0.1) is 11.4 Å². The number of amides is 2. The lowest BCUT2D eigenvalue weighted by Crippen LogP contribution is -2.49. The first-order chi connectivity index (χ1) is 14.8. The van der Waals surface area contributed by atoms with E-state index < -0.39 is 6.03 Å². The zero-order chi connectivity index (χ0) is 23.0. The normalized spacial score (nSPS) is 11.8. The van der Waals surface area contributed by atoms with E-state index in [1.54, 1.807) is 18.2 Å². The molecule has 0 heterocycles. The van der Waals surface area contributed by atoms with E-state index in [2.05, 4.69) is 32.7 Å². The van der Waals surface area contributed by atoms with Crippen molar-refractivity contribution in [1.29, 1.82) is 0 Å². The van der Waals surface area contributed by atoms with E-state index in [4.69, 9.17) is 16.4 Å². The summed E-state index contributed by atoms with van der Waals surface area (Å²) in [6.45, 7) is 7.76. The first-order valence-electron chi connectivity index (χ1n) is 9.59. The maximum absolute atomic E-state index is 12.2. The predicted octanol–water partition coefficient (Wildman–Crippen LogP) is 4.45. The summed E-state index contributed by atoms with van der Waals surface area (Å²) >= 11 is 3.45. The molecule has 0 aliphatic carbocycles. The van der Waals surface area contributed by atoms with Crippen LogP contribution in [0.25, 0.3) is 6.08 Å². The van der Waals surface area contributed by atoms with Crippen molar-refractivity contribution in [2.75, 3.05) is 12.1 Å². The van der Waals surface area contributed by atoms with Crippen LogP contribution in [0.15, 0.2) is 63.7 Å². The third kappa shape index (κ3) is 6.48. The van der Waals surface area contributed by atoms with Crippen molar-refractivity contribution in [3.05, 3.63) is 70.2 Å². The summed E-state index contributed by atoms with van der Waals surface area (Å²) in [7, 11) is 1.42. The van der Waals surface area contributed by atoms with E-state index in [1.807, 2.05) is 44.2 Å². The topological polar surface area (TPSA) is 110 Å². The molecule has 0 aromatic heterocycles. The van der Waals surface area contributed by atoms with Crippen LogP contribution in [0.5, 0.6) is 0 Å². The van der Waals surface area contributed by atoms with Gasteiger partial charge in [0.1, 0.15) is 6.61 Å². The Labute approximate surface area is 190 Å². The van der Waals surface area contributed by atoms with E-state index in [9.17, 15) is 4.79 Å². The lowest BCUT2D eigenvalue weighted by atomic mass is 10.1. The summed E-state index contributed by atoms with van der Waals surface area (Å²) in [4.78, 5) is 12.2. The molecule has 164 valence electrons. The Bertz CT molecular complexity index is 1000. The molecule has 31 heavy (non-hydrogen) atoms. The van der Waals surface area contributed by atoms with Crippen molar-refractivity contribution < 1.29 is 9.53 Å². The van der Waals surface area contributed by atoms with Crippen molar-refractivity contribution in [1.82, 2.24) is 5.01 Å². The number of hydrogen-bond acceptors (Lipinski definition) is 6. The van der Waals surface area contributed by atoms with Crippen molar-refractivity contribution >= 4 is 45.3 Å². The number of hydrogen-bond donors (Lipinski definition) is 2. The number of benzene rings is 2. The molecule has 0 aliphatic rings.